The standard InChI is InChI=1S/C21H22N4O2/c1-13-17(16-8-15-2-5-22-21(15)24-10-16)11-23-18-9-19(26)25(20(13)18)12-14-3-6-27-7-4-14/h2,5,8,10-11,14H,3-4,6-7,9,12H2,1H3,(H,22,24). The molecule has 138 valence electrons. The SMILES string of the molecule is Cc1c(-c2cnc3[nH]ccc3c2)cnc2c1N(CC1CCOCC1)C(=O)C2. The number of fused-ring (bicyclic) bond motifs is 2. The molecule has 0 unspecified atom stereocenters. The van der Waals surface area contributed by atoms with Gasteiger partial charge in [-0.25, -0.2) is 4.98 Å². The summed E-state index contributed by atoms with van der Waals surface area (Å²) in [6.07, 6.45) is 8.07. The van der Waals surface area contributed by atoms with Crippen molar-refractivity contribution in [3.8, 4) is 11.1 Å². The number of carbonyl (C=O) groups is 1. The highest BCUT2D eigenvalue weighted by Crippen LogP contribution is 2.38. The maximum absolute atomic E-state index is 12.7. The van der Waals surface area contributed by atoms with Crippen LogP contribution in [-0.4, -0.2) is 40.6 Å². The summed E-state index contributed by atoms with van der Waals surface area (Å²) in [5, 5.41) is 1.07. The molecule has 1 amide bonds. The smallest absolute Gasteiger partial charge is 0.233 e. The number of aromatic nitrogens is 3. The molecular formula is C21H22N4O2. The molecule has 27 heavy (non-hydrogen) atoms. The molecule has 0 aliphatic carbocycles. The van der Waals surface area contributed by atoms with E-state index in [-0.39, 0.29) is 5.91 Å². The number of hydrogen-bond donors (Lipinski definition) is 1. The molecule has 2 aliphatic rings. The van der Waals surface area contributed by atoms with Gasteiger partial charge < -0.3 is 14.6 Å². The van der Waals surface area contributed by atoms with Crippen molar-refractivity contribution in [1.82, 2.24) is 15.0 Å². The van der Waals surface area contributed by atoms with Gasteiger partial charge in [0, 0.05) is 54.9 Å². The topological polar surface area (TPSA) is 71.1 Å². The zero-order valence-electron chi connectivity index (χ0n) is 15.4. The van der Waals surface area contributed by atoms with Gasteiger partial charge in [0.2, 0.25) is 5.91 Å². The van der Waals surface area contributed by atoms with Crippen molar-refractivity contribution < 1.29 is 9.53 Å². The van der Waals surface area contributed by atoms with Crippen molar-refractivity contribution in [3.63, 3.8) is 0 Å². The summed E-state index contributed by atoms with van der Waals surface area (Å²) in [5.41, 5.74) is 5.94. The highest BCUT2D eigenvalue weighted by atomic mass is 16.5. The zero-order valence-corrected chi connectivity index (χ0v) is 15.4. The van der Waals surface area contributed by atoms with Crippen LogP contribution >= 0.6 is 0 Å². The molecule has 5 rings (SSSR count). The molecule has 0 spiro atoms. The number of amides is 1. The molecule has 3 aromatic rings. The van der Waals surface area contributed by atoms with Crippen LogP contribution in [-0.2, 0) is 16.0 Å². The summed E-state index contributed by atoms with van der Waals surface area (Å²) in [7, 11) is 0. The van der Waals surface area contributed by atoms with Crippen LogP contribution < -0.4 is 4.90 Å². The third-order valence-corrected chi connectivity index (χ3v) is 5.76. The van der Waals surface area contributed by atoms with Gasteiger partial charge in [0.25, 0.3) is 0 Å². The number of hydrogen-bond acceptors (Lipinski definition) is 4. The van der Waals surface area contributed by atoms with Crippen molar-refractivity contribution in [2.45, 2.75) is 26.2 Å². The highest BCUT2D eigenvalue weighted by molar-refractivity contribution is 6.02. The summed E-state index contributed by atoms with van der Waals surface area (Å²) in [6, 6.07) is 4.14. The second kappa shape index (κ2) is 6.46. The minimum absolute atomic E-state index is 0.156. The monoisotopic (exact) mass is 362 g/mol. The minimum atomic E-state index is 0.156. The second-order valence-electron chi connectivity index (χ2n) is 7.47. The number of nitrogens with one attached hydrogen (secondary N) is 1. The van der Waals surface area contributed by atoms with Crippen molar-refractivity contribution in [1.29, 1.82) is 0 Å². The average Bonchev–Trinajstić information content (AvgIpc) is 3.27. The Morgan fingerprint density at radius 3 is 2.96 bits per heavy atom. The van der Waals surface area contributed by atoms with Crippen molar-refractivity contribution in [2.24, 2.45) is 5.92 Å². The number of nitrogens with zero attached hydrogens (tertiary/aromatic N) is 3. The first-order valence-corrected chi connectivity index (χ1v) is 9.51. The van der Waals surface area contributed by atoms with E-state index in [0.29, 0.717) is 12.3 Å². The lowest BCUT2D eigenvalue weighted by molar-refractivity contribution is -0.117. The molecule has 6 heteroatoms. The van der Waals surface area contributed by atoms with E-state index in [1.165, 1.54) is 0 Å². The van der Waals surface area contributed by atoms with E-state index in [4.69, 9.17) is 4.74 Å². The van der Waals surface area contributed by atoms with Crippen LogP contribution in [0.3, 0.4) is 0 Å². The van der Waals surface area contributed by atoms with Gasteiger partial charge in [-0.1, -0.05) is 0 Å². The van der Waals surface area contributed by atoms with Crippen molar-refractivity contribution >= 4 is 22.6 Å². The molecule has 1 N–H and O–H groups in total. The Kier molecular flexibility index (Phi) is 3.93. The van der Waals surface area contributed by atoms with Crippen LogP contribution in [0, 0.1) is 12.8 Å². The second-order valence-corrected chi connectivity index (χ2v) is 7.47. The van der Waals surface area contributed by atoms with Gasteiger partial charge in [0.1, 0.15) is 5.65 Å². The first kappa shape index (κ1) is 16.4. The van der Waals surface area contributed by atoms with Crippen LogP contribution in [0.25, 0.3) is 22.2 Å². The average molecular weight is 362 g/mol. The van der Waals surface area contributed by atoms with Gasteiger partial charge >= 0.3 is 0 Å². The van der Waals surface area contributed by atoms with Gasteiger partial charge in [-0.05, 0) is 43.4 Å². The molecule has 0 bridgehead atoms. The first-order chi connectivity index (χ1) is 13.2. The summed E-state index contributed by atoms with van der Waals surface area (Å²) in [5.74, 6) is 0.651. The summed E-state index contributed by atoms with van der Waals surface area (Å²) < 4.78 is 5.46. The number of rotatable bonds is 3. The summed E-state index contributed by atoms with van der Waals surface area (Å²) >= 11 is 0. The Morgan fingerprint density at radius 1 is 1.26 bits per heavy atom. The van der Waals surface area contributed by atoms with Crippen LogP contribution in [0.2, 0.25) is 0 Å². The van der Waals surface area contributed by atoms with Gasteiger partial charge in [-0.3, -0.25) is 9.78 Å². The third-order valence-electron chi connectivity index (χ3n) is 5.76. The van der Waals surface area contributed by atoms with E-state index >= 15 is 0 Å². The molecule has 0 atom stereocenters. The molecule has 0 saturated carbocycles. The largest absolute Gasteiger partial charge is 0.381 e. The van der Waals surface area contributed by atoms with E-state index in [0.717, 1.165) is 71.7 Å². The molecule has 0 radical (unpaired) electrons. The molecule has 2 aliphatic heterocycles. The van der Waals surface area contributed by atoms with E-state index in [9.17, 15) is 4.79 Å². The fourth-order valence-electron chi connectivity index (χ4n) is 4.25. The first-order valence-electron chi connectivity index (χ1n) is 9.51. The number of H-pyrrole nitrogens is 1. The van der Waals surface area contributed by atoms with Crippen LogP contribution in [0.5, 0.6) is 0 Å². The Morgan fingerprint density at radius 2 is 2.11 bits per heavy atom. The third kappa shape index (κ3) is 2.80. The van der Waals surface area contributed by atoms with E-state index in [1.54, 1.807) is 0 Å². The van der Waals surface area contributed by atoms with Gasteiger partial charge in [-0.15, -0.1) is 0 Å². The number of ether oxygens (including phenoxy) is 1. The van der Waals surface area contributed by atoms with E-state index in [2.05, 4.69) is 27.9 Å². The number of pyridine rings is 2. The summed E-state index contributed by atoms with van der Waals surface area (Å²) in [4.78, 5) is 26.9. The predicted molar refractivity (Wildman–Crippen MR) is 104 cm³/mol. The lowest BCUT2D eigenvalue weighted by Gasteiger charge is -2.28. The lowest BCUT2D eigenvalue weighted by Crippen LogP contribution is -2.35. The molecule has 6 nitrogen and oxygen atoms in total. The highest BCUT2D eigenvalue weighted by Gasteiger charge is 2.33. The number of aromatic amines is 1. The summed E-state index contributed by atoms with van der Waals surface area (Å²) in [6.45, 7) is 4.43. The predicted octanol–water partition coefficient (Wildman–Crippen LogP) is 3.25. The van der Waals surface area contributed by atoms with Crippen LogP contribution in [0.4, 0.5) is 5.69 Å². The molecule has 3 aromatic heterocycles. The Balaban J connectivity index is 1.53. The Hall–Kier alpha value is -2.73. The van der Waals surface area contributed by atoms with Crippen LogP contribution in [0.1, 0.15) is 24.1 Å². The fourth-order valence-corrected chi connectivity index (χ4v) is 4.25. The number of carbonyl (C=O) groups excluding carboxylic acids is 1. The molecule has 5 heterocycles. The molecular weight excluding hydrogens is 340 g/mol. The van der Waals surface area contributed by atoms with Gasteiger partial charge in [-0.2, -0.15) is 0 Å². The van der Waals surface area contributed by atoms with E-state index in [1.807, 2.05) is 29.6 Å². The normalized spacial score (nSPS) is 17.7. The maximum atomic E-state index is 12.7. The molecule has 1 saturated heterocycles. The van der Waals surface area contributed by atoms with Crippen LogP contribution in [0.15, 0.2) is 30.7 Å². The lowest BCUT2D eigenvalue weighted by atomic mass is 9.98. The Labute approximate surface area is 157 Å². The zero-order chi connectivity index (χ0) is 18.4. The Bertz CT molecular complexity index is 1020. The maximum Gasteiger partial charge on any atom is 0.233 e. The molecule has 0 aromatic carbocycles. The van der Waals surface area contributed by atoms with E-state index < -0.39 is 0 Å². The van der Waals surface area contributed by atoms with Gasteiger partial charge in [0.05, 0.1) is 17.8 Å². The van der Waals surface area contributed by atoms with Crippen molar-refractivity contribution in [3.05, 3.63) is 42.0 Å². The number of anilines is 1. The molecule has 1 fully saturated rings. The quantitative estimate of drug-likeness (QED) is 0.776. The van der Waals surface area contributed by atoms with Gasteiger partial charge in [0.15, 0.2) is 0 Å². The fraction of sp³-hybridized carbons (Fsp3) is 0.381. The minimum Gasteiger partial charge on any atom is -0.381 e. The van der Waals surface area contributed by atoms with Crippen molar-refractivity contribution in [2.75, 3.05) is 24.7 Å².